The van der Waals surface area contributed by atoms with Crippen molar-refractivity contribution < 1.29 is 4.79 Å². The zero-order valence-corrected chi connectivity index (χ0v) is 18.4. The van der Waals surface area contributed by atoms with Crippen LogP contribution in [0.4, 0.5) is 5.69 Å². The summed E-state index contributed by atoms with van der Waals surface area (Å²) in [5.74, 6) is 0.195. The maximum atomic E-state index is 12.5. The summed E-state index contributed by atoms with van der Waals surface area (Å²) in [5, 5.41) is 8.35. The molecule has 2 aromatic heterocycles. The Morgan fingerprint density at radius 3 is 2.47 bits per heavy atom. The van der Waals surface area contributed by atoms with E-state index in [4.69, 9.17) is 4.98 Å². The van der Waals surface area contributed by atoms with Gasteiger partial charge in [-0.25, -0.2) is 9.50 Å². The maximum Gasteiger partial charge on any atom is 0.234 e. The zero-order valence-electron chi connectivity index (χ0n) is 17.6. The lowest BCUT2D eigenvalue weighted by Gasteiger charge is -2.07. The molecule has 30 heavy (non-hydrogen) atoms. The summed E-state index contributed by atoms with van der Waals surface area (Å²) in [6.45, 7) is 8.13. The van der Waals surface area contributed by atoms with Gasteiger partial charge in [0, 0.05) is 11.3 Å². The minimum Gasteiger partial charge on any atom is -0.325 e. The molecule has 0 fully saturated rings. The average molecular weight is 417 g/mol. The van der Waals surface area contributed by atoms with Crippen LogP contribution in [0.5, 0.6) is 0 Å². The lowest BCUT2D eigenvalue weighted by molar-refractivity contribution is -0.113. The number of carbonyl (C=O) groups excluding carboxylic acids is 1. The number of nitrogens with zero attached hydrogens (tertiary/aromatic N) is 3. The second-order valence-corrected chi connectivity index (χ2v) is 8.42. The van der Waals surface area contributed by atoms with Crippen LogP contribution in [-0.2, 0) is 4.79 Å². The Labute approximate surface area is 180 Å². The van der Waals surface area contributed by atoms with E-state index in [1.165, 1.54) is 17.3 Å². The highest BCUT2D eigenvalue weighted by molar-refractivity contribution is 7.99. The zero-order chi connectivity index (χ0) is 21.3. The molecule has 6 heteroatoms. The second kappa shape index (κ2) is 8.32. The van der Waals surface area contributed by atoms with Crippen molar-refractivity contribution in [1.29, 1.82) is 0 Å². The number of thioether (sulfide) groups is 1. The third-order valence-corrected chi connectivity index (χ3v) is 5.98. The van der Waals surface area contributed by atoms with E-state index in [-0.39, 0.29) is 11.7 Å². The number of hydrogen-bond acceptors (Lipinski definition) is 4. The number of aromatic nitrogens is 3. The number of amides is 1. The summed E-state index contributed by atoms with van der Waals surface area (Å²) in [5.41, 5.74) is 8.10. The normalized spacial score (nSPS) is 11.1. The van der Waals surface area contributed by atoms with Crippen molar-refractivity contribution in [2.24, 2.45) is 0 Å². The van der Waals surface area contributed by atoms with Crippen molar-refractivity contribution in [2.75, 3.05) is 11.1 Å². The Morgan fingerprint density at radius 2 is 1.73 bits per heavy atom. The molecule has 2 aromatic carbocycles. The molecule has 0 bridgehead atoms. The van der Waals surface area contributed by atoms with Crippen molar-refractivity contribution >= 4 is 28.9 Å². The van der Waals surface area contributed by atoms with E-state index in [1.54, 1.807) is 0 Å². The first-order valence-electron chi connectivity index (χ1n) is 9.84. The lowest BCUT2D eigenvalue weighted by atomic mass is 10.1. The predicted octanol–water partition coefficient (Wildman–Crippen LogP) is 5.36. The van der Waals surface area contributed by atoms with Crippen LogP contribution >= 0.6 is 11.8 Å². The molecule has 0 unspecified atom stereocenters. The molecule has 1 amide bonds. The van der Waals surface area contributed by atoms with Gasteiger partial charge in [-0.05, 0) is 62.6 Å². The number of anilines is 1. The van der Waals surface area contributed by atoms with Crippen molar-refractivity contribution in [1.82, 2.24) is 14.6 Å². The molecule has 5 nitrogen and oxygen atoms in total. The van der Waals surface area contributed by atoms with E-state index in [0.29, 0.717) is 5.16 Å². The second-order valence-electron chi connectivity index (χ2n) is 7.47. The molecule has 0 atom stereocenters. The Balaban J connectivity index is 1.61. The van der Waals surface area contributed by atoms with Crippen LogP contribution in [0.25, 0.3) is 16.8 Å². The Morgan fingerprint density at radius 1 is 0.967 bits per heavy atom. The first-order valence-corrected chi connectivity index (χ1v) is 10.8. The van der Waals surface area contributed by atoms with Gasteiger partial charge in [-0.15, -0.1) is 0 Å². The standard InChI is InChI=1S/C24H24N4OS/c1-15-10-11-20(13-16(15)2)25-21(29)14-30-24-26-22(19-8-6-5-7-9-19)23-17(3)12-18(4)27-28(23)24/h5-13H,14H2,1-4H3,(H,25,29). The number of nitrogens with one attached hydrogen (secondary N) is 1. The van der Waals surface area contributed by atoms with Crippen LogP contribution < -0.4 is 5.32 Å². The predicted molar refractivity (Wildman–Crippen MR) is 123 cm³/mol. The van der Waals surface area contributed by atoms with Crippen LogP contribution in [-0.4, -0.2) is 26.3 Å². The van der Waals surface area contributed by atoms with Gasteiger partial charge in [0.05, 0.1) is 22.7 Å². The van der Waals surface area contributed by atoms with Crippen LogP contribution in [0, 0.1) is 27.7 Å². The summed E-state index contributed by atoms with van der Waals surface area (Å²) < 4.78 is 1.86. The summed E-state index contributed by atoms with van der Waals surface area (Å²) in [6.07, 6.45) is 0. The van der Waals surface area contributed by atoms with Crippen molar-refractivity contribution in [3.05, 3.63) is 77.0 Å². The Kier molecular flexibility index (Phi) is 5.59. The Bertz CT molecular complexity index is 1230. The molecule has 0 saturated heterocycles. The number of fused-ring (bicyclic) bond motifs is 1. The fourth-order valence-electron chi connectivity index (χ4n) is 3.44. The molecule has 0 saturated carbocycles. The van der Waals surface area contributed by atoms with E-state index in [2.05, 4.69) is 30.3 Å². The highest BCUT2D eigenvalue weighted by atomic mass is 32.2. The molecule has 152 valence electrons. The van der Waals surface area contributed by atoms with E-state index in [1.807, 2.05) is 66.9 Å². The van der Waals surface area contributed by atoms with E-state index in [9.17, 15) is 4.79 Å². The largest absolute Gasteiger partial charge is 0.325 e. The molecular weight excluding hydrogens is 392 g/mol. The SMILES string of the molecule is Cc1cc(C)c2c(-c3ccccc3)nc(SCC(=O)Nc3ccc(C)c(C)c3)n2n1. The molecule has 0 radical (unpaired) electrons. The van der Waals surface area contributed by atoms with Crippen LogP contribution in [0.2, 0.25) is 0 Å². The van der Waals surface area contributed by atoms with Gasteiger partial charge in [0.15, 0.2) is 5.16 Å². The molecule has 0 aliphatic rings. The highest BCUT2D eigenvalue weighted by Gasteiger charge is 2.18. The number of carbonyl (C=O) groups is 1. The fourth-order valence-corrected chi connectivity index (χ4v) is 4.19. The minimum absolute atomic E-state index is 0.0642. The number of benzene rings is 2. The lowest BCUT2D eigenvalue weighted by Crippen LogP contribution is -2.14. The monoisotopic (exact) mass is 416 g/mol. The van der Waals surface area contributed by atoms with Crippen molar-refractivity contribution in [2.45, 2.75) is 32.9 Å². The topological polar surface area (TPSA) is 59.3 Å². The van der Waals surface area contributed by atoms with E-state index >= 15 is 0 Å². The molecule has 4 aromatic rings. The van der Waals surface area contributed by atoms with Gasteiger partial charge < -0.3 is 5.32 Å². The third kappa shape index (κ3) is 4.09. The fraction of sp³-hybridized carbons (Fsp3) is 0.208. The molecule has 1 N–H and O–H groups in total. The van der Waals surface area contributed by atoms with Crippen LogP contribution in [0.15, 0.2) is 59.8 Å². The van der Waals surface area contributed by atoms with Gasteiger partial charge in [-0.2, -0.15) is 5.10 Å². The van der Waals surface area contributed by atoms with Crippen LogP contribution in [0.1, 0.15) is 22.4 Å². The molecule has 4 rings (SSSR count). The van der Waals surface area contributed by atoms with Crippen molar-refractivity contribution in [3.8, 4) is 11.3 Å². The number of rotatable bonds is 5. The number of aryl methyl sites for hydroxylation is 4. The van der Waals surface area contributed by atoms with Gasteiger partial charge in [0.1, 0.15) is 0 Å². The highest BCUT2D eigenvalue weighted by Crippen LogP contribution is 2.30. The summed E-state index contributed by atoms with van der Waals surface area (Å²) in [7, 11) is 0. The van der Waals surface area contributed by atoms with Gasteiger partial charge in [-0.1, -0.05) is 48.2 Å². The van der Waals surface area contributed by atoms with E-state index < -0.39 is 0 Å². The summed E-state index contributed by atoms with van der Waals surface area (Å²) in [4.78, 5) is 17.4. The average Bonchev–Trinajstić information content (AvgIpc) is 3.09. The van der Waals surface area contributed by atoms with Gasteiger partial charge in [0.2, 0.25) is 5.91 Å². The number of hydrogen-bond donors (Lipinski definition) is 1. The molecule has 2 heterocycles. The van der Waals surface area contributed by atoms with Gasteiger partial charge >= 0.3 is 0 Å². The third-order valence-electron chi connectivity index (χ3n) is 5.05. The van der Waals surface area contributed by atoms with E-state index in [0.717, 1.165) is 39.3 Å². The molecular formula is C24H24N4OS. The Hall–Kier alpha value is -3.12. The smallest absolute Gasteiger partial charge is 0.234 e. The molecule has 0 aliphatic heterocycles. The quantitative estimate of drug-likeness (QED) is 0.445. The maximum absolute atomic E-state index is 12.5. The summed E-state index contributed by atoms with van der Waals surface area (Å²) in [6, 6.07) is 18.1. The molecule has 0 spiro atoms. The van der Waals surface area contributed by atoms with Gasteiger partial charge in [-0.3, -0.25) is 4.79 Å². The summed E-state index contributed by atoms with van der Waals surface area (Å²) >= 11 is 1.39. The van der Waals surface area contributed by atoms with Crippen molar-refractivity contribution in [3.63, 3.8) is 0 Å². The first-order chi connectivity index (χ1) is 14.4. The number of imidazole rings is 1. The first kappa shape index (κ1) is 20.2. The van der Waals surface area contributed by atoms with Crippen LogP contribution in [0.3, 0.4) is 0 Å². The minimum atomic E-state index is -0.0642. The molecule has 0 aliphatic carbocycles. The van der Waals surface area contributed by atoms with Gasteiger partial charge in [0.25, 0.3) is 0 Å².